The summed E-state index contributed by atoms with van der Waals surface area (Å²) < 4.78 is 0. The molecule has 3 heteroatoms. The Labute approximate surface area is 66.8 Å². The van der Waals surface area contributed by atoms with Gasteiger partial charge in [0.15, 0.2) is 0 Å². The molecule has 0 spiro atoms. The summed E-state index contributed by atoms with van der Waals surface area (Å²) in [6.07, 6.45) is 0.675. The lowest BCUT2D eigenvalue weighted by Crippen LogP contribution is -2.32. The van der Waals surface area contributed by atoms with Gasteiger partial charge in [-0.15, -0.1) is 0 Å². The van der Waals surface area contributed by atoms with Crippen LogP contribution in [0.2, 0.25) is 0 Å². The first-order chi connectivity index (χ1) is 5.09. The SMILES string of the molecule is CC(C)C[C@@H]1NC(=O)C[C@H]1O. The molecule has 1 heterocycles. The van der Waals surface area contributed by atoms with Crippen LogP contribution < -0.4 is 5.32 Å². The first kappa shape index (κ1) is 8.53. The summed E-state index contributed by atoms with van der Waals surface area (Å²) >= 11 is 0. The van der Waals surface area contributed by atoms with E-state index in [1.54, 1.807) is 0 Å². The molecule has 1 fully saturated rings. The van der Waals surface area contributed by atoms with Crippen molar-refractivity contribution in [3.63, 3.8) is 0 Å². The minimum absolute atomic E-state index is 0.0116. The van der Waals surface area contributed by atoms with Crippen LogP contribution in [0.25, 0.3) is 0 Å². The standard InChI is InChI=1S/C8H15NO2/c1-5(2)3-6-7(10)4-8(11)9-6/h5-7,10H,3-4H2,1-2H3,(H,9,11)/t6-,7+/m0/s1. The van der Waals surface area contributed by atoms with Gasteiger partial charge in [0.1, 0.15) is 0 Å². The summed E-state index contributed by atoms with van der Waals surface area (Å²) in [5, 5.41) is 12.1. The van der Waals surface area contributed by atoms with Crippen molar-refractivity contribution < 1.29 is 9.90 Å². The molecule has 0 bridgehead atoms. The van der Waals surface area contributed by atoms with Gasteiger partial charge >= 0.3 is 0 Å². The highest BCUT2D eigenvalue weighted by atomic mass is 16.3. The number of rotatable bonds is 2. The highest BCUT2D eigenvalue weighted by Gasteiger charge is 2.30. The van der Waals surface area contributed by atoms with Crippen LogP contribution in [0.3, 0.4) is 0 Å². The Bertz CT molecular complexity index is 156. The van der Waals surface area contributed by atoms with Crippen LogP contribution in [0.4, 0.5) is 0 Å². The lowest BCUT2D eigenvalue weighted by Gasteiger charge is -2.15. The van der Waals surface area contributed by atoms with Crippen molar-refractivity contribution in [1.29, 1.82) is 0 Å². The van der Waals surface area contributed by atoms with E-state index < -0.39 is 6.10 Å². The number of aliphatic hydroxyl groups excluding tert-OH is 1. The molecule has 0 aromatic heterocycles. The Morgan fingerprint density at radius 2 is 2.36 bits per heavy atom. The summed E-state index contributed by atoms with van der Waals surface area (Å²) in [6.45, 7) is 4.16. The molecule has 1 rings (SSSR count). The number of hydrogen-bond donors (Lipinski definition) is 2. The van der Waals surface area contributed by atoms with Crippen molar-refractivity contribution in [2.24, 2.45) is 5.92 Å². The maximum Gasteiger partial charge on any atom is 0.222 e. The van der Waals surface area contributed by atoms with Crippen molar-refractivity contribution in [3.8, 4) is 0 Å². The fourth-order valence-electron chi connectivity index (χ4n) is 1.42. The van der Waals surface area contributed by atoms with E-state index in [9.17, 15) is 9.90 Å². The summed E-state index contributed by atoms with van der Waals surface area (Å²) in [6, 6.07) is -0.0116. The predicted molar refractivity (Wildman–Crippen MR) is 42.0 cm³/mol. The lowest BCUT2D eigenvalue weighted by molar-refractivity contribution is -0.119. The second-order valence-corrected chi connectivity index (χ2v) is 3.58. The highest BCUT2D eigenvalue weighted by molar-refractivity contribution is 5.79. The zero-order valence-corrected chi connectivity index (χ0v) is 7.00. The quantitative estimate of drug-likeness (QED) is 0.605. The molecular formula is C8H15NO2. The van der Waals surface area contributed by atoms with E-state index in [4.69, 9.17) is 0 Å². The number of carbonyl (C=O) groups excluding carboxylic acids is 1. The van der Waals surface area contributed by atoms with Crippen LogP contribution in [-0.4, -0.2) is 23.2 Å². The topological polar surface area (TPSA) is 49.3 Å². The van der Waals surface area contributed by atoms with Crippen molar-refractivity contribution in [2.45, 2.75) is 38.8 Å². The normalized spacial score (nSPS) is 31.1. The predicted octanol–water partition coefficient (Wildman–Crippen LogP) is 0.282. The van der Waals surface area contributed by atoms with Gasteiger partial charge in [-0.05, 0) is 12.3 Å². The molecular weight excluding hydrogens is 142 g/mol. The maximum absolute atomic E-state index is 10.8. The third kappa shape index (κ3) is 2.19. The van der Waals surface area contributed by atoms with Gasteiger partial charge in [-0.2, -0.15) is 0 Å². The number of nitrogens with one attached hydrogen (secondary N) is 1. The Morgan fingerprint density at radius 1 is 1.73 bits per heavy atom. The molecule has 2 atom stereocenters. The van der Waals surface area contributed by atoms with E-state index in [-0.39, 0.29) is 18.4 Å². The van der Waals surface area contributed by atoms with Gasteiger partial charge in [0.2, 0.25) is 5.91 Å². The zero-order chi connectivity index (χ0) is 8.43. The molecule has 1 aliphatic heterocycles. The van der Waals surface area contributed by atoms with E-state index in [0.29, 0.717) is 5.92 Å². The molecule has 1 aliphatic rings. The third-order valence-corrected chi connectivity index (χ3v) is 1.93. The molecule has 3 nitrogen and oxygen atoms in total. The van der Waals surface area contributed by atoms with Gasteiger partial charge in [0.05, 0.1) is 18.6 Å². The van der Waals surface area contributed by atoms with Crippen molar-refractivity contribution in [1.82, 2.24) is 5.32 Å². The molecule has 11 heavy (non-hydrogen) atoms. The van der Waals surface area contributed by atoms with Gasteiger partial charge < -0.3 is 10.4 Å². The molecule has 0 unspecified atom stereocenters. The van der Waals surface area contributed by atoms with Crippen molar-refractivity contribution >= 4 is 5.91 Å². The highest BCUT2D eigenvalue weighted by Crippen LogP contribution is 2.15. The number of aliphatic hydroxyl groups is 1. The van der Waals surface area contributed by atoms with Crippen LogP contribution in [0.1, 0.15) is 26.7 Å². The summed E-state index contributed by atoms with van der Waals surface area (Å²) in [7, 11) is 0. The van der Waals surface area contributed by atoms with Crippen molar-refractivity contribution in [2.75, 3.05) is 0 Å². The first-order valence-corrected chi connectivity index (χ1v) is 4.07. The van der Waals surface area contributed by atoms with E-state index in [0.717, 1.165) is 6.42 Å². The fourth-order valence-corrected chi connectivity index (χ4v) is 1.42. The fraction of sp³-hybridized carbons (Fsp3) is 0.875. The Kier molecular flexibility index (Phi) is 2.49. The second kappa shape index (κ2) is 3.22. The molecule has 0 aromatic carbocycles. The second-order valence-electron chi connectivity index (χ2n) is 3.58. The lowest BCUT2D eigenvalue weighted by atomic mass is 10.0. The number of carbonyl (C=O) groups is 1. The zero-order valence-electron chi connectivity index (χ0n) is 7.00. The molecule has 64 valence electrons. The van der Waals surface area contributed by atoms with Gasteiger partial charge in [0, 0.05) is 0 Å². The van der Waals surface area contributed by atoms with Crippen molar-refractivity contribution in [3.05, 3.63) is 0 Å². The summed E-state index contributed by atoms with van der Waals surface area (Å²) in [5.74, 6) is 0.496. The minimum Gasteiger partial charge on any atom is -0.390 e. The molecule has 0 saturated carbocycles. The van der Waals surface area contributed by atoms with E-state index in [1.165, 1.54) is 0 Å². The van der Waals surface area contributed by atoms with Crippen LogP contribution in [0.15, 0.2) is 0 Å². The van der Waals surface area contributed by atoms with Crippen LogP contribution >= 0.6 is 0 Å². The Hall–Kier alpha value is -0.570. The van der Waals surface area contributed by atoms with Crippen LogP contribution in [-0.2, 0) is 4.79 Å². The average molecular weight is 157 g/mol. The Morgan fingerprint density at radius 3 is 2.73 bits per heavy atom. The monoisotopic (exact) mass is 157 g/mol. The smallest absolute Gasteiger partial charge is 0.222 e. The largest absolute Gasteiger partial charge is 0.390 e. The van der Waals surface area contributed by atoms with Gasteiger partial charge in [-0.1, -0.05) is 13.8 Å². The minimum atomic E-state index is -0.468. The van der Waals surface area contributed by atoms with Gasteiger partial charge in [-0.25, -0.2) is 0 Å². The number of hydrogen-bond acceptors (Lipinski definition) is 2. The van der Waals surface area contributed by atoms with Gasteiger partial charge in [-0.3, -0.25) is 4.79 Å². The van der Waals surface area contributed by atoms with Gasteiger partial charge in [0.25, 0.3) is 0 Å². The number of amides is 1. The van der Waals surface area contributed by atoms with E-state index in [1.807, 2.05) is 0 Å². The average Bonchev–Trinajstić information content (AvgIpc) is 2.09. The van der Waals surface area contributed by atoms with Crippen LogP contribution in [0.5, 0.6) is 0 Å². The summed E-state index contributed by atoms with van der Waals surface area (Å²) in [4.78, 5) is 10.8. The molecule has 1 amide bonds. The summed E-state index contributed by atoms with van der Waals surface area (Å²) in [5.41, 5.74) is 0. The molecule has 2 N–H and O–H groups in total. The molecule has 0 aliphatic carbocycles. The maximum atomic E-state index is 10.8. The van der Waals surface area contributed by atoms with Crippen LogP contribution in [0, 0.1) is 5.92 Å². The van der Waals surface area contributed by atoms with E-state index >= 15 is 0 Å². The Balaban J connectivity index is 2.40. The molecule has 1 saturated heterocycles. The molecule has 0 aromatic rings. The third-order valence-electron chi connectivity index (χ3n) is 1.93. The molecule has 0 radical (unpaired) electrons. The van der Waals surface area contributed by atoms with E-state index in [2.05, 4.69) is 19.2 Å². The first-order valence-electron chi connectivity index (χ1n) is 4.07.